The summed E-state index contributed by atoms with van der Waals surface area (Å²) in [6, 6.07) is 4.97. The molecule has 1 heterocycles. The number of carbonyl (C=O) groups is 1. The van der Waals surface area contributed by atoms with Gasteiger partial charge in [0.05, 0.1) is 16.6 Å². The van der Waals surface area contributed by atoms with Crippen LogP contribution in [0.25, 0.3) is 6.08 Å². The van der Waals surface area contributed by atoms with Gasteiger partial charge in [0.15, 0.2) is 9.84 Å². The van der Waals surface area contributed by atoms with Crippen LogP contribution in [0.4, 0.5) is 0 Å². The van der Waals surface area contributed by atoms with Gasteiger partial charge in [-0.05, 0) is 36.3 Å². The minimum atomic E-state index is -3.22. The normalized spacial score (nSPS) is 19.2. The van der Waals surface area contributed by atoms with E-state index < -0.39 is 9.84 Å². The third kappa shape index (κ3) is 2.42. The first-order chi connectivity index (χ1) is 8.86. The average Bonchev–Trinajstić information content (AvgIpc) is 2.51. The van der Waals surface area contributed by atoms with E-state index >= 15 is 0 Å². The third-order valence-electron chi connectivity index (χ3n) is 3.46. The zero-order valence-corrected chi connectivity index (χ0v) is 12.1. The number of hydrogen-bond acceptors (Lipinski definition) is 3. The summed E-state index contributed by atoms with van der Waals surface area (Å²) in [5, 5.41) is 0. The van der Waals surface area contributed by atoms with Crippen LogP contribution in [0.1, 0.15) is 30.9 Å². The fourth-order valence-corrected chi connectivity index (χ4v) is 3.07. The molecule has 1 aliphatic heterocycles. The molecule has 0 fully saturated rings. The fraction of sp³-hybridized carbons (Fsp3) is 0.357. The topological polar surface area (TPSA) is 54.5 Å². The Kier molecular flexibility index (Phi) is 3.49. The van der Waals surface area contributed by atoms with Crippen molar-refractivity contribution in [2.45, 2.75) is 24.7 Å². The van der Waals surface area contributed by atoms with Crippen LogP contribution < -0.4 is 0 Å². The van der Waals surface area contributed by atoms with Crippen molar-refractivity contribution in [1.82, 2.24) is 4.90 Å². The van der Waals surface area contributed by atoms with Crippen molar-refractivity contribution in [1.29, 1.82) is 0 Å². The Labute approximate surface area is 113 Å². The van der Waals surface area contributed by atoms with Crippen molar-refractivity contribution in [2.24, 2.45) is 0 Å². The molecular formula is C14H17NO3S. The largest absolute Gasteiger partial charge is 0.322 e. The molecular weight excluding hydrogens is 262 g/mol. The molecule has 0 radical (unpaired) electrons. The molecule has 0 aliphatic carbocycles. The summed E-state index contributed by atoms with van der Waals surface area (Å²) in [7, 11) is -1.52. The van der Waals surface area contributed by atoms with Gasteiger partial charge in [-0.1, -0.05) is 13.0 Å². The van der Waals surface area contributed by atoms with Gasteiger partial charge in [0.2, 0.25) is 5.91 Å². The molecule has 0 saturated carbocycles. The molecule has 1 aliphatic rings. The Morgan fingerprint density at radius 2 is 2.00 bits per heavy atom. The zero-order chi connectivity index (χ0) is 14.2. The van der Waals surface area contributed by atoms with Crippen LogP contribution in [0.5, 0.6) is 0 Å². The number of fused-ring (bicyclic) bond motifs is 1. The maximum Gasteiger partial charge on any atom is 0.233 e. The number of sulfone groups is 1. The SMILES string of the molecule is CCS(=O)(=O)c1ccc2c(c1)C=CN(C)C(=O)[C@@H]2C. The van der Waals surface area contributed by atoms with Crippen LogP contribution in [0, 0.1) is 0 Å². The van der Waals surface area contributed by atoms with Crippen LogP contribution in [0.15, 0.2) is 29.3 Å². The van der Waals surface area contributed by atoms with E-state index in [2.05, 4.69) is 0 Å². The lowest BCUT2D eigenvalue weighted by molar-refractivity contribution is -0.128. The van der Waals surface area contributed by atoms with E-state index in [0.29, 0.717) is 4.90 Å². The summed E-state index contributed by atoms with van der Waals surface area (Å²) in [6.45, 7) is 3.45. The van der Waals surface area contributed by atoms with Crippen LogP contribution in [-0.2, 0) is 14.6 Å². The van der Waals surface area contributed by atoms with Crippen LogP contribution >= 0.6 is 0 Å². The van der Waals surface area contributed by atoms with Gasteiger partial charge >= 0.3 is 0 Å². The van der Waals surface area contributed by atoms with Gasteiger partial charge in [-0.25, -0.2) is 8.42 Å². The van der Waals surface area contributed by atoms with E-state index in [1.165, 1.54) is 4.90 Å². The lowest BCUT2D eigenvalue weighted by Crippen LogP contribution is -2.24. The highest BCUT2D eigenvalue weighted by molar-refractivity contribution is 7.91. The fourth-order valence-electron chi connectivity index (χ4n) is 2.16. The van der Waals surface area contributed by atoms with Crippen molar-refractivity contribution < 1.29 is 13.2 Å². The summed E-state index contributed by atoms with van der Waals surface area (Å²) < 4.78 is 23.8. The predicted molar refractivity (Wildman–Crippen MR) is 74.4 cm³/mol. The summed E-state index contributed by atoms with van der Waals surface area (Å²) in [5.41, 5.74) is 1.65. The monoisotopic (exact) mass is 279 g/mol. The van der Waals surface area contributed by atoms with Crippen LogP contribution in [0.3, 0.4) is 0 Å². The summed E-state index contributed by atoms with van der Waals surface area (Å²) >= 11 is 0. The highest BCUT2D eigenvalue weighted by Gasteiger charge is 2.24. The van der Waals surface area contributed by atoms with Crippen LogP contribution in [0.2, 0.25) is 0 Å². The highest BCUT2D eigenvalue weighted by atomic mass is 32.2. The van der Waals surface area contributed by atoms with Gasteiger partial charge in [-0.15, -0.1) is 0 Å². The number of amides is 1. The number of nitrogens with zero attached hydrogens (tertiary/aromatic N) is 1. The minimum absolute atomic E-state index is 0.00102. The summed E-state index contributed by atoms with van der Waals surface area (Å²) in [5.74, 6) is -0.196. The highest BCUT2D eigenvalue weighted by Crippen LogP contribution is 2.28. The lowest BCUT2D eigenvalue weighted by Gasteiger charge is -2.16. The van der Waals surface area contributed by atoms with Crippen molar-refractivity contribution in [2.75, 3.05) is 12.8 Å². The Balaban J connectivity index is 2.58. The molecule has 4 nitrogen and oxygen atoms in total. The molecule has 102 valence electrons. The Morgan fingerprint density at radius 3 is 2.63 bits per heavy atom. The maximum atomic E-state index is 12.0. The summed E-state index contributed by atoms with van der Waals surface area (Å²) in [4.78, 5) is 13.8. The second-order valence-corrected chi connectivity index (χ2v) is 6.96. The molecule has 19 heavy (non-hydrogen) atoms. The average molecular weight is 279 g/mol. The number of rotatable bonds is 2. The Morgan fingerprint density at radius 1 is 1.32 bits per heavy atom. The molecule has 1 aromatic rings. The van der Waals surface area contributed by atoms with E-state index in [-0.39, 0.29) is 17.6 Å². The maximum absolute atomic E-state index is 12.0. The molecule has 0 aromatic heterocycles. The Hall–Kier alpha value is -1.62. The molecule has 1 aromatic carbocycles. The minimum Gasteiger partial charge on any atom is -0.322 e. The number of carbonyl (C=O) groups excluding carboxylic acids is 1. The lowest BCUT2D eigenvalue weighted by atomic mass is 9.96. The number of hydrogen-bond donors (Lipinski definition) is 0. The van der Waals surface area contributed by atoms with Gasteiger partial charge < -0.3 is 4.90 Å². The van der Waals surface area contributed by atoms with Crippen molar-refractivity contribution in [3.63, 3.8) is 0 Å². The molecule has 0 unspecified atom stereocenters. The first-order valence-electron chi connectivity index (χ1n) is 6.18. The molecule has 1 atom stereocenters. The van der Waals surface area contributed by atoms with Crippen molar-refractivity contribution >= 4 is 21.8 Å². The van der Waals surface area contributed by atoms with E-state index in [1.807, 2.05) is 6.92 Å². The van der Waals surface area contributed by atoms with Crippen molar-refractivity contribution in [3.8, 4) is 0 Å². The first-order valence-corrected chi connectivity index (χ1v) is 7.83. The molecule has 0 bridgehead atoms. The van der Waals surface area contributed by atoms with Gasteiger partial charge in [0.1, 0.15) is 0 Å². The second kappa shape index (κ2) is 4.81. The van der Waals surface area contributed by atoms with Gasteiger partial charge in [-0.3, -0.25) is 4.79 Å². The molecule has 2 rings (SSSR count). The Bertz CT molecular complexity index is 647. The van der Waals surface area contributed by atoms with E-state index in [9.17, 15) is 13.2 Å². The molecule has 0 N–H and O–H groups in total. The van der Waals surface area contributed by atoms with Gasteiger partial charge in [-0.2, -0.15) is 0 Å². The molecule has 5 heteroatoms. The molecule has 1 amide bonds. The first kappa shape index (κ1) is 13.8. The summed E-state index contributed by atoms with van der Waals surface area (Å²) in [6.07, 6.45) is 3.46. The quantitative estimate of drug-likeness (QED) is 0.832. The van der Waals surface area contributed by atoms with Gasteiger partial charge in [0, 0.05) is 13.2 Å². The van der Waals surface area contributed by atoms with Gasteiger partial charge in [0.25, 0.3) is 0 Å². The number of likely N-dealkylation sites (N-methyl/N-ethyl adjacent to an activating group) is 1. The standard InChI is InChI=1S/C14H17NO3S/c1-4-19(17,18)12-5-6-13-10(2)14(16)15(3)8-7-11(13)9-12/h5-10H,4H2,1-3H3/t10-/m1/s1. The van der Waals surface area contributed by atoms with Crippen LogP contribution in [-0.4, -0.2) is 32.0 Å². The van der Waals surface area contributed by atoms with E-state index in [1.54, 1.807) is 44.4 Å². The zero-order valence-electron chi connectivity index (χ0n) is 11.3. The predicted octanol–water partition coefficient (Wildman–Crippen LogP) is 2.03. The second-order valence-electron chi connectivity index (χ2n) is 4.68. The van der Waals surface area contributed by atoms with Crippen molar-refractivity contribution in [3.05, 3.63) is 35.5 Å². The molecule has 0 spiro atoms. The number of benzene rings is 1. The van der Waals surface area contributed by atoms with E-state index in [0.717, 1.165) is 11.1 Å². The third-order valence-corrected chi connectivity index (χ3v) is 5.19. The molecule has 0 saturated heterocycles. The smallest absolute Gasteiger partial charge is 0.233 e. The van der Waals surface area contributed by atoms with E-state index in [4.69, 9.17) is 0 Å².